The smallest absolute Gasteiger partial charge is 0.512 e. The fraction of sp³-hybridized carbons (Fsp3) is 0. The molecule has 0 unspecified atom stereocenters. The molecule has 0 bridgehead atoms. The fourth-order valence-electron chi connectivity index (χ4n) is 0. The van der Waals surface area contributed by atoms with Crippen molar-refractivity contribution in [2.75, 3.05) is 0 Å². The van der Waals surface area contributed by atoms with Crippen LogP contribution in [0.5, 0.6) is 0 Å². The van der Waals surface area contributed by atoms with Gasteiger partial charge in [-0.15, -0.1) is 16.0 Å². The molecule has 5 radical (unpaired) electrons. The van der Waals surface area contributed by atoms with E-state index in [-0.39, 0.29) is 85.3 Å². The molecule has 0 aliphatic carbocycles. The van der Waals surface area contributed by atoms with E-state index in [2.05, 4.69) is 0 Å². The monoisotopic (exact) mass is 808 g/mol. The summed E-state index contributed by atoms with van der Waals surface area (Å²) in [6.45, 7) is 71.2. The Bertz CT molecular complexity index is 434. The van der Waals surface area contributed by atoms with Crippen molar-refractivity contribution in [2.45, 2.75) is 0 Å². The van der Waals surface area contributed by atoms with E-state index < -0.39 is 0 Å². The molecule has 0 saturated carbocycles. The van der Waals surface area contributed by atoms with Crippen LogP contribution in [-0.2, 0) is 85.3 Å². The summed E-state index contributed by atoms with van der Waals surface area (Å²) in [5, 5.41) is 121. The van der Waals surface area contributed by atoms with E-state index in [0.29, 0.717) is 0 Å². The standard InChI is InChI=1S/15CN.5Fe.3HNO2/c15*1-2;;;;;;3*2-1-3/h;;;;;;;;;;;;;;;;;;;;3*(H,2,3)/q15*-1;5*+3;;;/p-3. The average Bonchev–Trinajstić information content (AvgIpc) is 3.12. The molecule has 0 aliphatic rings. The molecule has 0 N–H and O–H groups in total. The number of rotatable bonds is 0. The molecule has 0 aromatic rings. The molecule has 229 valence electrons. The maximum atomic E-state index is 8.00. The summed E-state index contributed by atoms with van der Waals surface area (Å²) in [4.78, 5) is 24.0. The summed E-state index contributed by atoms with van der Waals surface area (Å²) in [7, 11) is 0. The Morgan fingerprint density at radius 3 is 0.227 bits per heavy atom. The molecule has 0 spiro atoms. The largest absolute Gasteiger partial charge is 3.00 e. The topological polar surface area (TPSA) is 514 Å². The molecular weight excluding hydrogens is 808 g/mol. The molecule has 0 heterocycles. The summed E-state index contributed by atoms with van der Waals surface area (Å²) < 4.78 is 0. The van der Waals surface area contributed by atoms with Crippen LogP contribution >= 0.6 is 0 Å². The SMILES string of the molecule is O=N[O-].O=N[O-].O=N[O-].[C-]#N.[C-]#N.[C-]#N.[C-]#N.[C-]#N.[C-]#N.[C-]#N.[C-]#N.[C-]#N.[C-]#N.[C-]#N.[C-]#N.[C-]#N.[C-]#N.[C-]#N.[Fe+3].[Fe+3].[Fe+3].[Fe+3].[Fe+3]. The molecule has 0 amide bonds. The minimum Gasteiger partial charge on any atom is -0.512 e. The van der Waals surface area contributed by atoms with Crippen molar-refractivity contribution in [1.82, 2.24) is 0 Å². The van der Waals surface area contributed by atoms with E-state index in [0.717, 1.165) is 16.0 Å². The van der Waals surface area contributed by atoms with Gasteiger partial charge in [-0.25, -0.2) is 0 Å². The molecule has 0 rings (SSSR count). The molecule has 0 aliphatic heterocycles. The van der Waals surface area contributed by atoms with Gasteiger partial charge in [0.15, 0.2) is 0 Å². The summed E-state index contributed by atoms with van der Waals surface area (Å²) in [5.74, 6) is 0. The first-order valence-electron chi connectivity index (χ1n) is 4.45. The first-order valence-corrected chi connectivity index (χ1v) is 4.45. The summed E-state index contributed by atoms with van der Waals surface area (Å²) in [6.07, 6.45) is 0. The number of nitrogens with zero attached hydrogens (tertiary/aromatic N) is 18. The maximum Gasteiger partial charge on any atom is 3.00 e. The molecule has 0 fully saturated rings. The summed E-state index contributed by atoms with van der Waals surface area (Å²) >= 11 is 0. The van der Waals surface area contributed by atoms with Crippen LogP contribution in [0.2, 0.25) is 0 Å². The first kappa shape index (κ1) is 243. The van der Waals surface area contributed by atoms with Crippen molar-refractivity contribution in [2.24, 2.45) is 16.0 Å². The Morgan fingerprint density at radius 2 is 0.227 bits per heavy atom. The second-order valence-electron chi connectivity index (χ2n) is 0.224. The van der Waals surface area contributed by atoms with Gasteiger partial charge in [-0.2, -0.15) is 0 Å². The van der Waals surface area contributed by atoms with Crippen LogP contribution < -0.4 is 0 Å². The van der Waals surface area contributed by atoms with Gasteiger partial charge < -0.3 is 208 Å². The molecule has 0 aromatic carbocycles. The van der Waals surface area contributed by atoms with Crippen molar-refractivity contribution in [3.8, 4) is 0 Å². The maximum absolute atomic E-state index is 8.00. The van der Waals surface area contributed by atoms with Crippen molar-refractivity contribution in [3.05, 3.63) is 129 Å². The van der Waals surface area contributed by atoms with Gasteiger partial charge in [0.25, 0.3) is 0 Å². The van der Waals surface area contributed by atoms with Crippen LogP contribution in [0.1, 0.15) is 0 Å². The summed E-state index contributed by atoms with van der Waals surface area (Å²) in [6, 6.07) is 0. The van der Waals surface area contributed by atoms with Crippen molar-refractivity contribution >= 4 is 0 Å². The van der Waals surface area contributed by atoms with Gasteiger partial charge in [-0.05, 0) is 0 Å². The molecule has 29 heteroatoms. The normalized spacial score (nSPS) is 1.50. The Labute approximate surface area is 307 Å². The van der Waals surface area contributed by atoms with Gasteiger partial charge in [0, 0.05) is 0 Å². The number of hydrogen-bond donors (Lipinski definition) is 0. The Kier molecular flexibility index (Phi) is 16600. The van der Waals surface area contributed by atoms with Crippen molar-refractivity contribution < 1.29 is 85.3 Å². The second kappa shape index (κ2) is 3010. The van der Waals surface area contributed by atoms with Crippen molar-refractivity contribution in [3.63, 3.8) is 0 Å². The third kappa shape index (κ3) is 873. The van der Waals surface area contributed by atoms with E-state index in [1.807, 2.05) is 0 Å². The molecule has 0 atom stereocenters. The average molecular weight is 808 g/mol. The molecular formula is C15Fe5N18O6-3. The van der Waals surface area contributed by atoms with Crippen LogP contribution in [0.3, 0.4) is 0 Å². The molecule has 44 heavy (non-hydrogen) atoms. The molecule has 0 aromatic heterocycles. The van der Waals surface area contributed by atoms with Gasteiger partial charge in [0.1, 0.15) is 0 Å². The predicted molar refractivity (Wildman–Crippen MR) is 102 cm³/mol. The van der Waals surface area contributed by atoms with E-state index in [9.17, 15) is 0 Å². The van der Waals surface area contributed by atoms with Gasteiger partial charge >= 0.3 is 85.3 Å². The number of hydrogen-bond acceptors (Lipinski definition) is 24. The zero-order chi connectivity index (χ0) is 38.1. The van der Waals surface area contributed by atoms with Crippen LogP contribution in [0, 0.1) is 208 Å². The quantitative estimate of drug-likeness (QED) is 0.146. The van der Waals surface area contributed by atoms with Crippen LogP contribution in [0.25, 0.3) is 0 Å². The Balaban J connectivity index is -0.00000000503. The third-order valence-corrected chi connectivity index (χ3v) is 0. The van der Waals surface area contributed by atoms with Crippen LogP contribution in [0.4, 0.5) is 0 Å². The Morgan fingerprint density at radius 1 is 0.227 bits per heavy atom. The van der Waals surface area contributed by atoms with Crippen molar-refractivity contribution in [1.29, 1.82) is 78.9 Å². The Hall–Kier alpha value is -6.85. The zero-order valence-corrected chi connectivity index (χ0v) is 25.3. The zero-order valence-electron chi connectivity index (χ0n) is 19.8. The van der Waals surface area contributed by atoms with E-state index in [1.54, 1.807) is 0 Å². The van der Waals surface area contributed by atoms with E-state index >= 15 is 0 Å². The second-order valence-corrected chi connectivity index (χ2v) is 0.224. The minimum atomic E-state index is 0. The van der Waals surface area contributed by atoms with Gasteiger partial charge in [-0.1, -0.05) is 0 Å². The molecule has 24 nitrogen and oxygen atoms in total. The van der Waals surface area contributed by atoms with Crippen LogP contribution in [0.15, 0.2) is 16.0 Å². The minimum absolute atomic E-state index is 0. The van der Waals surface area contributed by atoms with E-state index in [4.69, 9.17) is 208 Å². The van der Waals surface area contributed by atoms with Gasteiger partial charge in [0.2, 0.25) is 0 Å². The predicted octanol–water partition coefficient (Wildman–Crippen LogP) is 2.18. The van der Waals surface area contributed by atoms with Gasteiger partial charge in [-0.3, -0.25) is 0 Å². The molecule has 0 saturated heterocycles. The summed E-state index contributed by atoms with van der Waals surface area (Å²) in [5.41, 5.74) is 0. The van der Waals surface area contributed by atoms with Crippen LogP contribution in [-0.4, -0.2) is 0 Å². The van der Waals surface area contributed by atoms with E-state index in [1.165, 1.54) is 0 Å². The van der Waals surface area contributed by atoms with Gasteiger partial charge in [0.05, 0.1) is 0 Å². The fourth-order valence-corrected chi connectivity index (χ4v) is 0. The first-order chi connectivity index (χ1) is 19.2. The third-order valence-electron chi connectivity index (χ3n) is 0.